The van der Waals surface area contributed by atoms with Gasteiger partial charge in [-0.05, 0) is 56.2 Å². The van der Waals surface area contributed by atoms with Gasteiger partial charge in [-0.1, -0.05) is 41.6 Å². The van der Waals surface area contributed by atoms with Crippen LogP contribution >= 0.6 is 23.4 Å². The monoisotopic (exact) mass is 412 g/mol. The van der Waals surface area contributed by atoms with Crippen LogP contribution in [0.25, 0.3) is 11.4 Å². The summed E-state index contributed by atoms with van der Waals surface area (Å²) in [5, 5.41) is 9.72. The molecule has 2 heterocycles. The Morgan fingerprint density at radius 3 is 2.64 bits per heavy atom. The molecule has 0 spiro atoms. The van der Waals surface area contributed by atoms with Gasteiger partial charge >= 0.3 is 0 Å². The number of hydrogen-bond donors (Lipinski definition) is 0. The summed E-state index contributed by atoms with van der Waals surface area (Å²) in [6, 6.07) is 15.8. The van der Waals surface area contributed by atoms with Crippen LogP contribution in [0.1, 0.15) is 19.4 Å². The lowest BCUT2D eigenvalue weighted by Crippen LogP contribution is -2.40. The maximum atomic E-state index is 13.2. The fraction of sp³-hybridized carbons (Fsp3) is 0.286. The molecule has 0 saturated heterocycles. The summed E-state index contributed by atoms with van der Waals surface area (Å²) >= 11 is 7.40. The molecular weight excluding hydrogens is 392 g/mol. The molecule has 2 atom stereocenters. The van der Waals surface area contributed by atoms with Gasteiger partial charge in [0.05, 0.1) is 5.25 Å². The van der Waals surface area contributed by atoms with E-state index < -0.39 is 0 Å². The van der Waals surface area contributed by atoms with Gasteiger partial charge in [-0.2, -0.15) is 0 Å². The highest BCUT2D eigenvalue weighted by atomic mass is 35.5. The maximum absolute atomic E-state index is 13.2. The highest BCUT2D eigenvalue weighted by Crippen LogP contribution is 2.35. The fourth-order valence-electron chi connectivity index (χ4n) is 3.57. The normalized spacial score (nSPS) is 16.9. The number of rotatable bonds is 4. The summed E-state index contributed by atoms with van der Waals surface area (Å²) in [6.45, 7) is 4.02. The molecular formula is C21H21ClN4OS. The van der Waals surface area contributed by atoms with E-state index in [4.69, 9.17) is 11.6 Å². The zero-order valence-electron chi connectivity index (χ0n) is 16.0. The number of aromatic nitrogens is 3. The van der Waals surface area contributed by atoms with Crippen LogP contribution in [0, 0.1) is 0 Å². The predicted molar refractivity (Wildman–Crippen MR) is 114 cm³/mol. The molecule has 0 unspecified atom stereocenters. The van der Waals surface area contributed by atoms with Crippen molar-refractivity contribution in [1.29, 1.82) is 0 Å². The average molecular weight is 413 g/mol. The summed E-state index contributed by atoms with van der Waals surface area (Å²) < 4.78 is 1.92. The number of anilines is 1. The Labute approximate surface area is 173 Å². The van der Waals surface area contributed by atoms with Gasteiger partial charge in [0.1, 0.15) is 0 Å². The van der Waals surface area contributed by atoms with Gasteiger partial charge in [-0.15, -0.1) is 10.2 Å². The molecule has 5 nitrogen and oxygen atoms in total. The number of carbonyl (C=O) groups excluding carboxylic acids is 1. The number of hydrogen-bond acceptors (Lipinski definition) is 4. The molecule has 0 saturated carbocycles. The van der Waals surface area contributed by atoms with Gasteiger partial charge in [-0.25, -0.2) is 0 Å². The van der Waals surface area contributed by atoms with Gasteiger partial charge in [-0.3, -0.25) is 4.79 Å². The van der Waals surface area contributed by atoms with Crippen molar-refractivity contribution in [1.82, 2.24) is 14.8 Å². The van der Waals surface area contributed by atoms with E-state index in [1.807, 2.05) is 65.9 Å². The van der Waals surface area contributed by atoms with Crippen LogP contribution in [0.3, 0.4) is 0 Å². The topological polar surface area (TPSA) is 51.0 Å². The van der Waals surface area contributed by atoms with Crippen LogP contribution in [0.5, 0.6) is 0 Å². The van der Waals surface area contributed by atoms with Crippen LogP contribution in [-0.4, -0.2) is 32.0 Å². The average Bonchev–Trinajstić information content (AvgIpc) is 3.21. The van der Waals surface area contributed by atoms with E-state index in [1.165, 1.54) is 17.3 Å². The fourth-order valence-corrected chi connectivity index (χ4v) is 4.56. The van der Waals surface area contributed by atoms with E-state index in [2.05, 4.69) is 23.2 Å². The Kier molecular flexibility index (Phi) is 5.17. The summed E-state index contributed by atoms with van der Waals surface area (Å²) in [5.41, 5.74) is 3.18. The third-order valence-corrected chi connectivity index (χ3v) is 6.39. The second-order valence-electron chi connectivity index (χ2n) is 7.02. The molecule has 0 N–H and O–H groups in total. The highest BCUT2D eigenvalue weighted by Gasteiger charge is 2.34. The summed E-state index contributed by atoms with van der Waals surface area (Å²) in [6.07, 6.45) is 0.893. The molecule has 144 valence electrons. The van der Waals surface area contributed by atoms with Crippen LogP contribution in [0.2, 0.25) is 5.02 Å². The maximum Gasteiger partial charge on any atom is 0.240 e. The molecule has 1 aliphatic heterocycles. The molecule has 3 aromatic rings. The molecule has 7 heteroatoms. The zero-order valence-corrected chi connectivity index (χ0v) is 17.5. The van der Waals surface area contributed by atoms with Crippen molar-refractivity contribution in [3.05, 3.63) is 59.1 Å². The van der Waals surface area contributed by atoms with E-state index in [1.54, 1.807) is 0 Å². The third kappa shape index (κ3) is 3.42. The second-order valence-corrected chi connectivity index (χ2v) is 8.77. The lowest BCUT2D eigenvalue weighted by Gasteiger charge is -2.25. The number of benzene rings is 2. The number of nitrogens with zero attached hydrogens (tertiary/aromatic N) is 4. The van der Waals surface area contributed by atoms with Crippen molar-refractivity contribution in [2.75, 3.05) is 4.90 Å². The first-order valence-electron chi connectivity index (χ1n) is 9.18. The zero-order chi connectivity index (χ0) is 19.8. The first-order valence-corrected chi connectivity index (χ1v) is 10.4. The van der Waals surface area contributed by atoms with E-state index >= 15 is 0 Å². The Balaban J connectivity index is 1.53. The molecule has 28 heavy (non-hydrogen) atoms. The van der Waals surface area contributed by atoms with Gasteiger partial charge < -0.3 is 9.47 Å². The molecule has 0 radical (unpaired) electrons. The number of halogens is 1. The molecule has 0 bridgehead atoms. The number of amides is 1. The summed E-state index contributed by atoms with van der Waals surface area (Å²) in [7, 11) is 1.91. The van der Waals surface area contributed by atoms with E-state index in [9.17, 15) is 4.79 Å². The molecule has 0 aliphatic carbocycles. The van der Waals surface area contributed by atoms with Gasteiger partial charge in [0, 0.05) is 29.4 Å². The standard InChI is InChI=1S/C21H21ClN4OS/c1-13-12-16-6-4-5-7-18(16)26(13)20(27)14(2)28-21-24-23-19(25(21)3)15-8-10-17(22)11-9-15/h4-11,13-14H,12H2,1-3H3/t13-,14+/m1/s1. The van der Waals surface area contributed by atoms with E-state index in [0.29, 0.717) is 10.2 Å². The minimum absolute atomic E-state index is 0.0958. The van der Waals surface area contributed by atoms with E-state index in [-0.39, 0.29) is 17.2 Å². The quantitative estimate of drug-likeness (QED) is 0.588. The van der Waals surface area contributed by atoms with Crippen LogP contribution in [0.15, 0.2) is 53.7 Å². The number of carbonyl (C=O) groups is 1. The number of para-hydroxylation sites is 1. The van der Waals surface area contributed by atoms with Crippen molar-refractivity contribution in [3.8, 4) is 11.4 Å². The SMILES string of the molecule is C[C@H](Sc1nnc(-c2ccc(Cl)cc2)n1C)C(=O)N1c2ccccc2C[C@H]1C. The predicted octanol–water partition coefficient (Wildman–Crippen LogP) is 4.59. The Morgan fingerprint density at radius 2 is 1.89 bits per heavy atom. The third-order valence-electron chi connectivity index (χ3n) is 5.01. The Hall–Kier alpha value is -2.31. The Morgan fingerprint density at radius 1 is 1.18 bits per heavy atom. The first-order chi connectivity index (χ1) is 13.5. The van der Waals surface area contributed by atoms with Crippen LogP contribution in [-0.2, 0) is 18.3 Å². The van der Waals surface area contributed by atoms with Gasteiger partial charge in [0.15, 0.2) is 11.0 Å². The minimum atomic E-state index is -0.269. The van der Waals surface area contributed by atoms with Crippen LogP contribution in [0.4, 0.5) is 5.69 Å². The minimum Gasteiger partial charge on any atom is -0.308 e. The lowest BCUT2D eigenvalue weighted by atomic mass is 10.1. The van der Waals surface area contributed by atoms with E-state index in [0.717, 1.165) is 23.5 Å². The molecule has 1 amide bonds. The molecule has 1 aliphatic rings. The van der Waals surface area contributed by atoms with Gasteiger partial charge in [0.2, 0.25) is 5.91 Å². The van der Waals surface area contributed by atoms with Crippen LogP contribution < -0.4 is 4.90 Å². The van der Waals surface area contributed by atoms with Gasteiger partial charge in [0.25, 0.3) is 0 Å². The van der Waals surface area contributed by atoms with Crippen molar-refractivity contribution >= 4 is 35.0 Å². The van der Waals surface area contributed by atoms with Crippen molar-refractivity contribution in [3.63, 3.8) is 0 Å². The number of fused-ring (bicyclic) bond motifs is 1. The smallest absolute Gasteiger partial charge is 0.240 e. The van der Waals surface area contributed by atoms with Crippen molar-refractivity contribution < 1.29 is 4.79 Å². The summed E-state index contributed by atoms with van der Waals surface area (Å²) in [5.74, 6) is 0.845. The van der Waals surface area contributed by atoms with Crippen molar-refractivity contribution in [2.45, 2.75) is 36.7 Å². The molecule has 0 fully saturated rings. The Bertz CT molecular complexity index is 1020. The largest absolute Gasteiger partial charge is 0.308 e. The molecule has 2 aromatic carbocycles. The second kappa shape index (κ2) is 7.60. The number of thioether (sulfide) groups is 1. The first kappa shape index (κ1) is 19.0. The lowest BCUT2D eigenvalue weighted by molar-refractivity contribution is -0.118. The summed E-state index contributed by atoms with van der Waals surface area (Å²) in [4.78, 5) is 15.1. The molecule has 4 rings (SSSR count). The molecule has 1 aromatic heterocycles. The highest BCUT2D eigenvalue weighted by molar-refractivity contribution is 8.00. The van der Waals surface area contributed by atoms with Crippen molar-refractivity contribution in [2.24, 2.45) is 7.05 Å².